The Morgan fingerprint density at radius 1 is 1.50 bits per heavy atom. The summed E-state index contributed by atoms with van der Waals surface area (Å²) in [5.41, 5.74) is -0.128. The van der Waals surface area contributed by atoms with Crippen LogP contribution in [-0.4, -0.2) is 68.5 Å². The van der Waals surface area contributed by atoms with Crippen LogP contribution in [0, 0.1) is 10.1 Å². The number of benzene rings is 1. The maximum absolute atomic E-state index is 12.1. The van der Waals surface area contributed by atoms with Crippen LogP contribution in [0.15, 0.2) is 18.2 Å². The molecule has 3 N–H and O–H groups in total. The zero-order valence-corrected chi connectivity index (χ0v) is 13.5. The summed E-state index contributed by atoms with van der Waals surface area (Å²) in [4.78, 5) is 23.7. The molecule has 24 heavy (non-hydrogen) atoms. The molecule has 1 heterocycles. The lowest BCUT2D eigenvalue weighted by Crippen LogP contribution is -3.15. The van der Waals surface area contributed by atoms with Crippen molar-refractivity contribution in [3.63, 3.8) is 0 Å². The smallest absolute Gasteiger partial charge is 0.311 e. The fourth-order valence-corrected chi connectivity index (χ4v) is 2.56. The predicted octanol–water partition coefficient (Wildman–Crippen LogP) is -1.39. The van der Waals surface area contributed by atoms with Crippen LogP contribution in [-0.2, 0) is 4.74 Å². The molecule has 0 unspecified atom stereocenters. The summed E-state index contributed by atoms with van der Waals surface area (Å²) in [6, 6.07) is 3.98. The second-order valence-electron chi connectivity index (χ2n) is 5.57. The molecule has 1 saturated heterocycles. The van der Waals surface area contributed by atoms with Crippen LogP contribution in [0.4, 0.5) is 5.69 Å². The number of morpholine rings is 1. The molecule has 9 heteroatoms. The maximum atomic E-state index is 12.1. The number of amides is 1. The van der Waals surface area contributed by atoms with E-state index in [1.807, 2.05) is 0 Å². The number of nitro benzene ring substituents is 1. The first-order valence-electron chi connectivity index (χ1n) is 7.71. The summed E-state index contributed by atoms with van der Waals surface area (Å²) >= 11 is 0. The van der Waals surface area contributed by atoms with Gasteiger partial charge in [-0.25, -0.2) is 0 Å². The Morgan fingerprint density at radius 2 is 2.21 bits per heavy atom. The molecule has 1 aliphatic heterocycles. The summed E-state index contributed by atoms with van der Waals surface area (Å²) in [7, 11) is 1.33. The van der Waals surface area contributed by atoms with Gasteiger partial charge in [0.2, 0.25) is 0 Å². The first kappa shape index (κ1) is 18.1. The van der Waals surface area contributed by atoms with Gasteiger partial charge in [0.15, 0.2) is 5.75 Å². The highest BCUT2D eigenvalue weighted by molar-refractivity contribution is 5.95. The van der Waals surface area contributed by atoms with Crippen LogP contribution >= 0.6 is 0 Å². The molecule has 0 radical (unpaired) electrons. The highest BCUT2D eigenvalue weighted by atomic mass is 16.6. The van der Waals surface area contributed by atoms with Crippen molar-refractivity contribution in [2.24, 2.45) is 0 Å². The van der Waals surface area contributed by atoms with E-state index in [9.17, 15) is 20.0 Å². The zero-order chi connectivity index (χ0) is 17.5. The van der Waals surface area contributed by atoms with Crippen molar-refractivity contribution in [3.8, 4) is 5.75 Å². The molecule has 1 aliphatic rings. The molecule has 1 aromatic rings. The monoisotopic (exact) mass is 340 g/mol. The second-order valence-corrected chi connectivity index (χ2v) is 5.57. The third kappa shape index (κ3) is 4.88. The molecule has 132 valence electrons. The fourth-order valence-electron chi connectivity index (χ4n) is 2.56. The third-order valence-corrected chi connectivity index (χ3v) is 3.86. The van der Waals surface area contributed by atoms with Crippen molar-refractivity contribution in [1.29, 1.82) is 0 Å². The van der Waals surface area contributed by atoms with Crippen molar-refractivity contribution in [1.82, 2.24) is 5.32 Å². The van der Waals surface area contributed by atoms with Gasteiger partial charge >= 0.3 is 5.69 Å². The summed E-state index contributed by atoms with van der Waals surface area (Å²) in [5, 5.41) is 23.6. The van der Waals surface area contributed by atoms with Gasteiger partial charge in [-0.3, -0.25) is 14.9 Å². The number of nitrogens with zero attached hydrogens (tertiary/aromatic N) is 1. The predicted molar refractivity (Wildman–Crippen MR) is 84.4 cm³/mol. The molecular formula is C15H22N3O6+. The average Bonchev–Trinajstić information content (AvgIpc) is 2.59. The zero-order valence-electron chi connectivity index (χ0n) is 13.5. The van der Waals surface area contributed by atoms with E-state index in [0.717, 1.165) is 19.2 Å². The van der Waals surface area contributed by atoms with E-state index < -0.39 is 16.9 Å². The lowest BCUT2D eigenvalue weighted by atomic mass is 10.1. The van der Waals surface area contributed by atoms with Gasteiger partial charge in [-0.15, -0.1) is 0 Å². The molecule has 1 aromatic carbocycles. The second kappa shape index (κ2) is 8.57. The number of aliphatic hydroxyl groups is 1. The Morgan fingerprint density at radius 3 is 2.83 bits per heavy atom. The largest absolute Gasteiger partial charge is 0.490 e. The Bertz CT molecular complexity index is 589. The molecule has 1 amide bonds. The van der Waals surface area contributed by atoms with Crippen molar-refractivity contribution in [2.45, 2.75) is 6.10 Å². The maximum Gasteiger partial charge on any atom is 0.311 e. The van der Waals surface area contributed by atoms with E-state index >= 15 is 0 Å². The first-order valence-corrected chi connectivity index (χ1v) is 7.71. The van der Waals surface area contributed by atoms with Gasteiger partial charge in [0, 0.05) is 18.2 Å². The Kier molecular flexibility index (Phi) is 6.47. The number of quaternary nitrogens is 1. The molecule has 0 aliphatic carbocycles. The summed E-state index contributed by atoms with van der Waals surface area (Å²) in [5.74, 6) is -0.385. The number of carbonyl (C=O) groups is 1. The molecule has 1 atom stereocenters. The van der Waals surface area contributed by atoms with Gasteiger partial charge in [0.05, 0.1) is 25.2 Å². The standard InChI is InChI=1S/C15H21N3O6/c1-23-14-3-2-11(8-13(14)18(21)22)15(20)16-9-12(19)10-17-4-6-24-7-5-17/h2-3,8,12,19H,4-7,9-10H2,1H3,(H,16,20)/p+1/t12-/m1/s1. The van der Waals surface area contributed by atoms with Gasteiger partial charge in [-0.2, -0.15) is 0 Å². The van der Waals surface area contributed by atoms with E-state index in [-0.39, 0.29) is 23.5 Å². The van der Waals surface area contributed by atoms with Crippen molar-refractivity contribution in [3.05, 3.63) is 33.9 Å². The summed E-state index contributed by atoms with van der Waals surface area (Å²) < 4.78 is 10.1. The van der Waals surface area contributed by atoms with E-state index in [1.54, 1.807) is 0 Å². The number of hydrogen-bond donors (Lipinski definition) is 3. The minimum Gasteiger partial charge on any atom is -0.490 e. The molecule has 0 bridgehead atoms. The minimum absolute atomic E-state index is 0.0863. The van der Waals surface area contributed by atoms with Crippen molar-refractivity contribution in [2.75, 3.05) is 46.5 Å². The molecule has 0 saturated carbocycles. The highest BCUT2D eigenvalue weighted by Crippen LogP contribution is 2.27. The number of rotatable bonds is 7. The molecular weight excluding hydrogens is 318 g/mol. The topological polar surface area (TPSA) is 115 Å². The SMILES string of the molecule is COc1ccc(C(=O)NC[C@@H](O)C[NH+]2CCOCC2)cc1[N+](=O)[O-]. The number of nitrogens with one attached hydrogen (secondary N) is 2. The van der Waals surface area contributed by atoms with Gasteiger partial charge in [0.25, 0.3) is 5.91 Å². The molecule has 0 aromatic heterocycles. The number of ether oxygens (including phenoxy) is 2. The van der Waals surface area contributed by atoms with Gasteiger partial charge in [-0.1, -0.05) is 0 Å². The number of nitro groups is 1. The first-order chi connectivity index (χ1) is 11.5. The van der Waals surface area contributed by atoms with Gasteiger partial charge < -0.3 is 24.8 Å². The average molecular weight is 340 g/mol. The number of hydrogen-bond acceptors (Lipinski definition) is 6. The Balaban J connectivity index is 1.89. The number of methoxy groups -OCH3 is 1. The van der Waals surface area contributed by atoms with Crippen LogP contribution < -0.4 is 15.0 Å². The van der Waals surface area contributed by atoms with Crippen LogP contribution in [0.1, 0.15) is 10.4 Å². The number of carbonyl (C=O) groups excluding carboxylic acids is 1. The number of aliphatic hydroxyl groups excluding tert-OH is 1. The Labute approximate surface area is 139 Å². The van der Waals surface area contributed by atoms with E-state index in [2.05, 4.69) is 5.32 Å². The highest BCUT2D eigenvalue weighted by Gasteiger charge is 2.21. The molecule has 9 nitrogen and oxygen atoms in total. The molecule has 1 fully saturated rings. The van der Waals surface area contributed by atoms with Crippen molar-refractivity contribution >= 4 is 11.6 Å². The van der Waals surface area contributed by atoms with Crippen LogP contribution in [0.2, 0.25) is 0 Å². The fraction of sp³-hybridized carbons (Fsp3) is 0.533. The van der Waals surface area contributed by atoms with E-state index in [1.165, 1.54) is 24.1 Å². The lowest BCUT2D eigenvalue weighted by molar-refractivity contribution is -0.910. The van der Waals surface area contributed by atoms with Crippen LogP contribution in [0.3, 0.4) is 0 Å². The van der Waals surface area contributed by atoms with Gasteiger partial charge in [0.1, 0.15) is 25.7 Å². The lowest BCUT2D eigenvalue weighted by Gasteiger charge is -2.25. The molecule has 2 rings (SSSR count). The summed E-state index contributed by atoms with van der Waals surface area (Å²) in [6.45, 7) is 3.61. The molecule has 0 spiro atoms. The normalized spacial score (nSPS) is 16.4. The summed E-state index contributed by atoms with van der Waals surface area (Å²) in [6.07, 6.45) is -0.685. The quantitative estimate of drug-likeness (QED) is 0.416. The van der Waals surface area contributed by atoms with Crippen LogP contribution in [0.5, 0.6) is 5.75 Å². The van der Waals surface area contributed by atoms with Crippen LogP contribution in [0.25, 0.3) is 0 Å². The van der Waals surface area contributed by atoms with Gasteiger partial charge in [-0.05, 0) is 12.1 Å². The van der Waals surface area contributed by atoms with Crippen molar-refractivity contribution < 1.29 is 29.2 Å². The Hall–Kier alpha value is -2.23. The minimum atomic E-state index is -0.685. The third-order valence-electron chi connectivity index (χ3n) is 3.86. The van der Waals surface area contributed by atoms with E-state index in [4.69, 9.17) is 9.47 Å². The van der Waals surface area contributed by atoms with E-state index in [0.29, 0.717) is 19.8 Å².